The van der Waals surface area contributed by atoms with E-state index in [4.69, 9.17) is 19.9 Å². The van der Waals surface area contributed by atoms with Crippen LogP contribution >= 0.6 is 0 Å². The van der Waals surface area contributed by atoms with E-state index in [-0.39, 0.29) is 55.5 Å². The highest BCUT2D eigenvalue weighted by Gasteiger charge is 2.58. The average Bonchev–Trinajstić information content (AvgIpc) is 3.22. The maximum Gasteiger partial charge on any atom is 0.418 e. The Hall–Kier alpha value is -5.48. The number of aromatic nitrogens is 1. The highest BCUT2D eigenvalue weighted by atomic mass is 28.4. The first-order chi connectivity index (χ1) is 28.7. The second-order valence-electron chi connectivity index (χ2n) is 16.8. The van der Waals surface area contributed by atoms with E-state index in [0.29, 0.717) is 22.9 Å². The summed E-state index contributed by atoms with van der Waals surface area (Å²) in [6.45, 7) is 9.10. The van der Waals surface area contributed by atoms with E-state index < -0.39 is 72.7 Å². The molecule has 3 aromatic carbocycles. The van der Waals surface area contributed by atoms with E-state index in [0.717, 1.165) is 6.07 Å². The van der Waals surface area contributed by atoms with Gasteiger partial charge in [0.25, 0.3) is 5.91 Å². The van der Waals surface area contributed by atoms with E-state index in [9.17, 15) is 22.8 Å². The van der Waals surface area contributed by atoms with Gasteiger partial charge in [-0.25, -0.2) is 9.78 Å². The van der Waals surface area contributed by atoms with Crippen LogP contribution in [0.3, 0.4) is 0 Å². The number of esters is 1. The van der Waals surface area contributed by atoms with Gasteiger partial charge >= 0.3 is 18.3 Å². The lowest BCUT2D eigenvalue weighted by Crippen LogP contribution is -2.60. The Kier molecular flexibility index (Phi) is 13.2. The summed E-state index contributed by atoms with van der Waals surface area (Å²) < 4.78 is 101. The van der Waals surface area contributed by atoms with Crippen molar-refractivity contribution >= 4 is 31.8 Å². The summed E-state index contributed by atoms with van der Waals surface area (Å²) >= 11 is 0. The van der Waals surface area contributed by atoms with Gasteiger partial charge in [0.15, 0.2) is 8.32 Å². The van der Waals surface area contributed by atoms with Crippen LogP contribution in [0.1, 0.15) is 72.3 Å². The molecule has 3 heterocycles. The maximum absolute atomic E-state index is 15.7. The number of nitrogens with two attached hydrogens (primary N) is 1. The van der Waals surface area contributed by atoms with E-state index in [2.05, 4.69) is 10.3 Å². The fourth-order valence-corrected chi connectivity index (χ4v) is 8.50. The second-order valence-corrected chi connectivity index (χ2v) is 21.5. The molecular weight excluding hydrogens is 817 g/mol. The van der Waals surface area contributed by atoms with Crippen LogP contribution in [0.4, 0.5) is 32.2 Å². The number of anilines is 1. The van der Waals surface area contributed by atoms with Crippen molar-refractivity contribution in [3.05, 3.63) is 142 Å². The van der Waals surface area contributed by atoms with Crippen molar-refractivity contribution in [3.8, 4) is 0 Å². The Morgan fingerprint density at radius 2 is 1.44 bits per heavy atom. The zero-order valence-electron chi connectivity index (χ0n) is 34.5. The molecule has 2 aliphatic rings. The number of amides is 1. The van der Waals surface area contributed by atoms with Crippen LogP contribution in [0.25, 0.3) is 0 Å². The van der Waals surface area contributed by atoms with E-state index in [1.54, 1.807) is 109 Å². The number of aliphatic imine (C=N–C) groups is 1. The molecule has 2 saturated heterocycles. The number of rotatable bonds is 10. The quantitative estimate of drug-likeness (QED) is 0.0926. The molecule has 9 nitrogen and oxygen atoms in total. The molecule has 1 amide bonds. The Labute approximate surface area is 352 Å². The van der Waals surface area contributed by atoms with Gasteiger partial charge in [-0.15, -0.1) is 0 Å². The number of amidine groups is 1. The Morgan fingerprint density at radius 3 is 1.95 bits per heavy atom. The SMILES string of the molecule is CC(C)(C)[Si](C)(C)OC1C(=O)NC(=NC(c2ccccc2)c2ccccc2)C(=C(N)C2CCN(c3cc(C(=O)OCc4ccccc4)c(C(F)(F)F)cn3)CC2)[C@H]1C(F)(F)F. The number of alkyl halides is 6. The highest BCUT2D eigenvalue weighted by molar-refractivity contribution is 6.74. The summed E-state index contributed by atoms with van der Waals surface area (Å²) in [5.41, 5.74) is 6.30. The summed E-state index contributed by atoms with van der Waals surface area (Å²) in [5.74, 6) is -5.58. The van der Waals surface area contributed by atoms with Crippen LogP contribution in [-0.4, -0.2) is 56.4 Å². The van der Waals surface area contributed by atoms with Crippen LogP contribution in [-0.2, 0) is 26.7 Å². The predicted octanol–water partition coefficient (Wildman–Crippen LogP) is 9.77. The molecule has 4 aromatic rings. The number of carbonyl (C=O) groups excluding carboxylic acids is 2. The third-order valence-corrected chi connectivity index (χ3v) is 16.1. The molecule has 61 heavy (non-hydrogen) atoms. The van der Waals surface area contributed by atoms with Gasteiger partial charge in [0.2, 0.25) is 0 Å². The molecule has 1 unspecified atom stereocenters. The Morgan fingerprint density at radius 1 is 0.902 bits per heavy atom. The minimum absolute atomic E-state index is 0.0566. The molecule has 0 saturated carbocycles. The van der Waals surface area contributed by atoms with Crippen molar-refractivity contribution in [1.29, 1.82) is 0 Å². The lowest BCUT2D eigenvalue weighted by atomic mass is 9.81. The summed E-state index contributed by atoms with van der Waals surface area (Å²) in [4.78, 5) is 37.6. The predicted molar refractivity (Wildman–Crippen MR) is 223 cm³/mol. The number of nitrogens with one attached hydrogen (secondary N) is 1. The van der Waals surface area contributed by atoms with Crippen LogP contribution < -0.4 is 16.0 Å². The molecule has 324 valence electrons. The summed E-state index contributed by atoms with van der Waals surface area (Å²) in [5, 5.41) is 2.14. The molecule has 6 rings (SSSR count). The normalized spacial score (nSPS) is 19.8. The monoisotopic (exact) mass is 865 g/mol. The van der Waals surface area contributed by atoms with Gasteiger partial charge in [-0.1, -0.05) is 112 Å². The number of pyridine rings is 1. The zero-order valence-corrected chi connectivity index (χ0v) is 35.5. The molecule has 0 aliphatic carbocycles. The fourth-order valence-electron chi connectivity index (χ4n) is 7.27. The third-order valence-electron chi connectivity index (χ3n) is 11.6. The summed E-state index contributed by atoms with van der Waals surface area (Å²) in [6, 6.07) is 26.6. The number of ether oxygens (including phenoxy) is 1. The van der Waals surface area contributed by atoms with Crippen molar-refractivity contribution in [3.63, 3.8) is 0 Å². The first kappa shape index (κ1) is 45.1. The lowest BCUT2D eigenvalue weighted by molar-refractivity contribution is -0.189. The van der Waals surface area contributed by atoms with Gasteiger partial charge in [0.05, 0.1) is 11.1 Å². The number of allylic oxidation sites excluding steroid dienone is 1. The fraction of sp³-hybridized carbons (Fsp3) is 0.378. The molecule has 3 N–H and O–H groups in total. The minimum atomic E-state index is -5.00. The molecule has 0 bridgehead atoms. The van der Waals surface area contributed by atoms with Crippen molar-refractivity contribution in [2.75, 3.05) is 18.0 Å². The number of halogens is 6. The van der Waals surface area contributed by atoms with Gasteiger partial charge in [0.1, 0.15) is 36.3 Å². The molecule has 2 fully saturated rings. The summed E-state index contributed by atoms with van der Waals surface area (Å²) in [6.07, 6.45) is -11.0. The molecule has 0 radical (unpaired) electrons. The molecule has 2 aliphatic heterocycles. The second kappa shape index (κ2) is 17.9. The van der Waals surface area contributed by atoms with Crippen LogP contribution in [0.2, 0.25) is 18.1 Å². The number of nitrogens with zero attached hydrogens (tertiary/aromatic N) is 3. The maximum atomic E-state index is 15.7. The number of hydrogen-bond acceptors (Lipinski definition) is 8. The van der Waals surface area contributed by atoms with Gasteiger partial charge in [-0.2, -0.15) is 26.3 Å². The molecule has 16 heteroatoms. The Balaban J connectivity index is 1.38. The zero-order chi connectivity index (χ0) is 44.3. The number of benzene rings is 3. The van der Waals surface area contributed by atoms with Gasteiger partial charge in [-0.05, 0) is 53.7 Å². The van der Waals surface area contributed by atoms with Crippen molar-refractivity contribution < 1.29 is 45.1 Å². The number of hydrogen-bond donors (Lipinski definition) is 2. The van der Waals surface area contributed by atoms with Gasteiger partial charge in [-0.3, -0.25) is 9.79 Å². The summed E-state index contributed by atoms with van der Waals surface area (Å²) in [7, 11) is -3.00. The van der Waals surface area contributed by atoms with Crippen molar-refractivity contribution in [1.82, 2.24) is 10.3 Å². The van der Waals surface area contributed by atoms with Crippen LogP contribution in [0, 0.1) is 11.8 Å². The lowest BCUT2D eigenvalue weighted by Gasteiger charge is -2.44. The molecule has 1 aromatic heterocycles. The van der Waals surface area contributed by atoms with Crippen molar-refractivity contribution in [2.45, 2.75) is 82.9 Å². The third kappa shape index (κ3) is 10.4. The van der Waals surface area contributed by atoms with Gasteiger partial charge in [0, 0.05) is 36.5 Å². The Bertz CT molecular complexity index is 2200. The van der Waals surface area contributed by atoms with E-state index in [1.165, 1.54) is 0 Å². The molecule has 0 spiro atoms. The topological polar surface area (TPSA) is 119 Å². The average molecular weight is 866 g/mol. The first-order valence-electron chi connectivity index (χ1n) is 19.9. The molecular formula is C45H49F6N5O4Si. The number of carbonyl (C=O) groups is 2. The van der Waals surface area contributed by atoms with E-state index >= 15 is 13.2 Å². The van der Waals surface area contributed by atoms with E-state index in [1.807, 2.05) is 20.8 Å². The minimum Gasteiger partial charge on any atom is -0.457 e. The number of piperidine rings is 2. The van der Waals surface area contributed by atoms with Crippen molar-refractivity contribution in [2.24, 2.45) is 22.6 Å². The highest BCUT2D eigenvalue weighted by Crippen LogP contribution is 2.46. The standard InChI is InChI=1S/C45H49F6N5O4Si/c1-43(2,3)61(4,5)60-39-36(45(49,50)51)35(40(55-41(39)57)54-38(30-17-11-7-12-18-30)31-19-13-8-14-20-31)37(52)29-21-23-56(24-22-29)34-25-32(33(26-53-34)44(46,47)48)42(58)59-27-28-15-9-6-10-16-28/h6-20,25-26,29,36,38-39H,21-24,27,52H2,1-5H3,(H,54,55,57)/t36-,39?/m1/s1. The first-order valence-corrected chi connectivity index (χ1v) is 22.8. The molecule has 2 atom stereocenters. The smallest absolute Gasteiger partial charge is 0.418 e. The largest absolute Gasteiger partial charge is 0.457 e. The van der Waals surface area contributed by atoms with Gasteiger partial charge < -0.3 is 25.1 Å². The van der Waals surface area contributed by atoms with Crippen LogP contribution in [0.15, 0.2) is 120 Å². The van der Waals surface area contributed by atoms with Crippen LogP contribution in [0.5, 0.6) is 0 Å².